The number of hydrogen-bond donors (Lipinski definition) is 1. The Labute approximate surface area is 130 Å². The minimum Gasteiger partial charge on any atom is -0.472 e. The van der Waals surface area contributed by atoms with Gasteiger partial charge in [-0.15, -0.1) is 11.3 Å². The summed E-state index contributed by atoms with van der Waals surface area (Å²) in [5.74, 6) is 1.08. The minimum absolute atomic E-state index is 0.200. The van der Waals surface area contributed by atoms with Gasteiger partial charge in [0.15, 0.2) is 5.69 Å². The van der Waals surface area contributed by atoms with Crippen LogP contribution >= 0.6 is 11.3 Å². The highest BCUT2D eigenvalue weighted by Gasteiger charge is 2.28. The number of hydrogen-bond acceptors (Lipinski definition) is 5. The molecule has 0 unspecified atom stereocenters. The summed E-state index contributed by atoms with van der Waals surface area (Å²) in [4.78, 5) is 13.1. The van der Waals surface area contributed by atoms with Gasteiger partial charge in [0, 0.05) is 22.4 Å². The van der Waals surface area contributed by atoms with Gasteiger partial charge in [0.1, 0.15) is 5.76 Å². The Hall–Kier alpha value is -2.34. The van der Waals surface area contributed by atoms with Gasteiger partial charge >= 0.3 is 0 Å². The highest BCUT2D eigenvalue weighted by Crippen LogP contribution is 2.40. The van der Waals surface area contributed by atoms with Gasteiger partial charge in [-0.3, -0.25) is 4.79 Å². The van der Waals surface area contributed by atoms with E-state index in [0.29, 0.717) is 18.2 Å². The van der Waals surface area contributed by atoms with Gasteiger partial charge in [-0.2, -0.15) is 0 Å². The number of thiophene rings is 1. The van der Waals surface area contributed by atoms with Crippen LogP contribution in [-0.2, 0) is 6.54 Å². The maximum Gasteiger partial charge on any atom is 0.273 e. The summed E-state index contributed by atoms with van der Waals surface area (Å²) in [6.07, 6.45) is 5.61. The van der Waals surface area contributed by atoms with Crippen molar-refractivity contribution in [2.24, 2.45) is 0 Å². The smallest absolute Gasteiger partial charge is 0.273 e. The zero-order valence-electron chi connectivity index (χ0n) is 11.7. The molecule has 6 heteroatoms. The van der Waals surface area contributed by atoms with Crippen molar-refractivity contribution in [1.82, 2.24) is 10.5 Å². The second-order valence-corrected chi connectivity index (χ2v) is 6.38. The Morgan fingerprint density at radius 2 is 2.27 bits per heavy atom. The first-order valence-corrected chi connectivity index (χ1v) is 8.02. The van der Waals surface area contributed by atoms with E-state index in [1.807, 2.05) is 17.5 Å². The third-order valence-corrected chi connectivity index (χ3v) is 4.61. The van der Waals surface area contributed by atoms with E-state index < -0.39 is 0 Å². The average molecular weight is 314 g/mol. The van der Waals surface area contributed by atoms with Crippen molar-refractivity contribution < 1.29 is 13.7 Å². The van der Waals surface area contributed by atoms with Crippen molar-refractivity contribution in [3.63, 3.8) is 0 Å². The molecule has 1 amide bonds. The molecule has 1 fully saturated rings. The Morgan fingerprint density at radius 3 is 3.05 bits per heavy atom. The molecule has 0 radical (unpaired) electrons. The molecule has 5 nitrogen and oxygen atoms in total. The van der Waals surface area contributed by atoms with Gasteiger partial charge in [0.05, 0.1) is 19.1 Å². The van der Waals surface area contributed by atoms with E-state index in [4.69, 9.17) is 8.94 Å². The lowest BCUT2D eigenvalue weighted by Crippen LogP contribution is -2.22. The monoisotopic (exact) mass is 314 g/mol. The number of nitrogens with zero attached hydrogens (tertiary/aromatic N) is 1. The standard InChI is InChI=1S/C16H14N2O3S/c19-16(14-6-15(21-18-14)10-1-2-10)17-7-13-5-12(9-22-13)11-3-4-20-8-11/h3-6,8-10H,1-2,7H2,(H,17,19). The second kappa shape index (κ2) is 5.46. The molecule has 0 aliphatic heterocycles. The molecule has 22 heavy (non-hydrogen) atoms. The van der Waals surface area contributed by atoms with Crippen molar-refractivity contribution in [2.45, 2.75) is 25.3 Å². The molecular formula is C16H14N2O3S. The average Bonchev–Trinajstić information content (AvgIpc) is 3.02. The van der Waals surface area contributed by atoms with Crippen LogP contribution < -0.4 is 5.32 Å². The maximum absolute atomic E-state index is 12.1. The fourth-order valence-electron chi connectivity index (χ4n) is 2.27. The minimum atomic E-state index is -0.200. The lowest BCUT2D eigenvalue weighted by molar-refractivity contribution is 0.0942. The van der Waals surface area contributed by atoms with Gasteiger partial charge in [-0.25, -0.2) is 0 Å². The molecule has 3 heterocycles. The predicted molar refractivity (Wildman–Crippen MR) is 81.7 cm³/mol. The van der Waals surface area contributed by atoms with Gasteiger partial charge in [0.25, 0.3) is 5.91 Å². The molecule has 0 aromatic carbocycles. The lowest BCUT2D eigenvalue weighted by Gasteiger charge is -1.99. The summed E-state index contributed by atoms with van der Waals surface area (Å²) in [7, 11) is 0. The number of carbonyl (C=O) groups excluding carboxylic acids is 1. The number of rotatable bonds is 5. The van der Waals surface area contributed by atoms with E-state index in [-0.39, 0.29) is 5.91 Å². The zero-order chi connectivity index (χ0) is 14.9. The van der Waals surface area contributed by atoms with Gasteiger partial charge in [0.2, 0.25) is 0 Å². The summed E-state index contributed by atoms with van der Waals surface area (Å²) in [5.41, 5.74) is 2.49. The summed E-state index contributed by atoms with van der Waals surface area (Å²) >= 11 is 1.60. The topological polar surface area (TPSA) is 68.3 Å². The highest BCUT2D eigenvalue weighted by molar-refractivity contribution is 7.10. The number of furan rings is 1. The van der Waals surface area contributed by atoms with Gasteiger partial charge < -0.3 is 14.3 Å². The SMILES string of the molecule is O=C(NCc1cc(-c2ccoc2)cs1)c1cc(C2CC2)on1. The molecular weight excluding hydrogens is 300 g/mol. The summed E-state index contributed by atoms with van der Waals surface area (Å²) in [5, 5.41) is 8.76. The van der Waals surface area contributed by atoms with Crippen LogP contribution in [-0.4, -0.2) is 11.1 Å². The van der Waals surface area contributed by atoms with E-state index in [2.05, 4.69) is 10.5 Å². The van der Waals surface area contributed by atoms with Gasteiger partial charge in [-0.05, 0) is 35.9 Å². The van der Waals surface area contributed by atoms with Crippen LogP contribution in [0.4, 0.5) is 0 Å². The molecule has 1 aliphatic carbocycles. The first kappa shape index (κ1) is 13.3. The number of nitrogens with one attached hydrogen (secondary N) is 1. The Bertz CT molecular complexity index is 784. The summed E-state index contributed by atoms with van der Waals surface area (Å²) < 4.78 is 10.3. The molecule has 1 saturated carbocycles. The zero-order valence-corrected chi connectivity index (χ0v) is 12.6. The van der Waals surface area contributed by atoms with Crippen molar-refractivity contribution in [1.29, 1.82) is 0 Å². The highest BCUT2D eigenvalue weighted by atomic mass is 32.1. The first-order valence-electron chi connectivity index (χ1n) is 7.14. The van der Waals surface area contributed by atoms with E-state index in [9.17, 15) is 4.79 Å². The van der Waals surface area contributed by atoms with Crippen molar-refractivity contribution in [3.8, 4) is 11.1 Å². The lowest BCUT2D eigenvalue weighted by atomic mass is 10.2. The summed E-state index contributed by atoms with van der Waals surface area (Å²) in [6.45, 7) is 0.479. The van der Waals surface area contributed by atoms with E-state index in [1.165, 1.54) is 0 Å². The van der Waals surface area contributed by atoms with Crippen LogP contribution in [0.5, 0.6) is 0 Å². The quantitative estimate of drug-likeness (QED) is 0.777. The van der Waals surface area contributed by atoms with Crippen LogP contribution in [0, 0.1) is 0 Å². The largest absolute Gasteiger partial charge is 0.472 e. The molecule has 0 saturated heterocycles. The van der Waals surface area contributed by atoms with Crippen LogP contribution in [0.15, 0.2) is 45.0 Å². The number of aromatic nitrogens is 1. The molecule has 0 atom stereocenters. The Kier molecular flexibility index (Phi) is 3.31. The Balaban J connectivity index is 1.38. The maximum atomic E-state index is 12.1. The molecule has 0 bridgehead atoms. The normalized spacial score (nSPS) is 14.2. The predicted octanol–water partition coefficient (Wildman–Crippen LogP) is 3.80. The molecule has 3 aromatic heterocycles. The van der Waals surface area contributed by atoms with E-state index >= 15 is 0 Å². The molecule has 3 aromatic rings. The number of carbonyl (C=O) groups is 1. The molecule has 1 aliphatic rings. The number of amides is 1. The Morgan fingerprint density at radius 1 is 1.36 bits per heavy atom. The van der Waals surface area contributed by atoms with Crippen LogP contribution in [0.2, 0.25) is 0 Å². The van der Waals surface area contributed by atoms with Crippen LogP contribution in [0.25, 0.3) is 11.1 Å². The van der Waals surface area contributed by atoms with Crippen LogP contribution in [0.3, 0.4) is 0 Å². The van der Waals surface area contributed by atoms with Crippen molar-refractivity contribution >= 4 is 17.2 Å². The van der Waals surface area contributed by atoms with Crippen molar-refractivity contribution in [3.05, 3.63) is 52.4 Å². The third-order valence-electron chi connectivity index (χ3n) is 3.67. The van der Waals surface area contributed by atoms with Crippen molar-refractivity contribution in [2.75, 3.05) is 0 Å². The fraction of sp³-hybridized carbons (Fsp3) is 0.250. The van der Waals surface area contributed by atoms with Crippen LogP contribution in [0.1, 0.15) is 39.9 Å². The first-order chi connectivity index (χ1) is 10.8. The molecule has 0 spiro atoms. The molecule has 4 rings (SSSR count). The second-order valence-electron chi connectivity index (χ2n) is 5.39. The van der Waals surface area contributed by atoms with E-state index in [0.717, 1.165) is 34.6 Å². The third kappa shape index (κ3) is 2.69. The molecule has 112 valence electrons. The van der Waals surface area contributed by atoms with Gasteiger partial charge in [-0.1, -0.05) is 5.16 Å². The molecule has 1 N–H and O–H groups in total. The van der Waals surface area contributed by atoms with E-state index in [1.54, 1.807) is 29.9 Å². The summed E-state index contributed by atoms with van der Waals surface area (Å²) in [6, 6.07) is 5.71. The fourth-order valence-corrected chi connectivity index (χ4v) is 3.10.